The quantitative estimate of drug-likeness (QED) is 0.0874. The molecule has 0 saturated heterocycles. The Labute approximate surface area is 263 Å². The first-order valence-corrected chi connectivity index (χ1v) is 21.9. The summed E-state index contributed by atoms with van der Waals surface area (Å²) in [6, 6.07) is 0. The largest absolute Gasteiger partial charge is 0.413 e. The summed E-state index contributed by atoms with van der Waals surface area (Å²) in [6.07, 6.45) is 10.7. The smallest absolute Gasteiger partial charge is 0.192 e. The van der Waals surface area contributed by atoms with Crippen LogP contribution in [0.5, 0.6) is 0 Å². The van der Waals surface area contributed by atoms with E-state index in [1.54, 1.807) is 7.11 Å². The summed E-state index contributed by atoms with van der Waals surface area (Å²) in [6.45, 7) is 26.9. The normalized spacial score (nSPS) is 17.4. The van der Waals surface area contributed by atoms with Gasteiger partial charge in [0.2, 0.25) is 0 Å². The summed E-state index contributed by atoms with van der Waals surface area (Å²) in [5.74, 6) is -0.308. The molecule has 0 heterocycles. The molecule has 0 bridgehead atoms. The number of aliphatic hydroxyl groups excluding tert-OH is 1. The molecule has 0 aliphatic heterocycles. The lowest BCUT2D eigenvalue weighted by atomic mass is 9.92. The van der Waals surface area contributed by atoms with Crippen molar-refractivity contribution < 1.29 is 23.5 Å². The third kappa shape index (κ3) is 14.9. The third-order valence-electron chi connectivity index (χ3n) is 8.71. The minimum atomic E-state index is -2.14. The summed E-state index contributed by atoms with van der Waals surface area (Å²) >= 11 is 2.21. The number of aliphatic hydroxyl groups is 1. The second kappa shape index (κ2) is 17.9. The summed E-state index contributed by atoms with van der Waals surface area (Å²) in [4.78, 5) is 13.3. The highest BCUT2D eigenvalue weighted by Gasteiger charge is 2.41. The van der Waals surface area contributed by atoms with Crippen molar-refractivity contribution in [2.45, 2.75) is 142 Å². The Morgan fingerprint density at radius 1 is 0.975 bits per heavy atom. The molecule has 0 rings (SSSR count). The van der Waals surface area contributed by atoms with Crippen molar-refractivity contribution >= 4 is 45.0 Å². The lowest BCUT2D eigenvalue weighted by molar-refractivity contribution is -0.126. The van der Waals surface area contributed by atoms with E-state index in [9.17, 15) is 9.90 Å². The minimum Gasteiger partial charge on any atom is -0.413 e. The van der Waals surface area contributed by atoms with Crippen LogP contribution in [0.2, 0.25) is 36.3 Å². The monoisotopic (exact) mass is 708 g/mol. The van der Waals surface area contributed by atoms with E-state index in [-0.39, 0.29) is 40.4 Å². The van der Waals surface area contributed by atoms with Crippen molar-refractivity contribution in [3.05, 3.63) is 34.0 Å². The van der Waals surface area contributed by atoms with Crippen molar-refractivity contribution in [1.29, 1.82) is 0 Å². The number of methoxy groups -OCH3 is 1. The van der Waals surface area contributed by atoms with E-state index in [4.69, 9.17) is 13.6 Å². The van der Waals surface area contributed by atoms with E-state index in [1.165, 1.54) is 0 Å². The van der Waals surface area contributed by atoms with Crippen LogP contribution in [0.3, 0.4) is 0 Å². The summed E-state index contributed by atoms with van der Waals surface area (Å²) in [5, 5.41) is 10.9. The number of ketones is 1. The first-order chi connectivity index (χ1) is 18.2. The molecule has 5 nitrogen and oxygen atoms in total. The molecule has 0 saturated carbocycles. The zero-order valence-electron chi connectivity index (χ0n) is 27.9. The van der Waals surface area contributed by atoms with Crippen molar-refractivity contribution in [3.8, 4) is 0 Å². The van der Waals surface area contributed by atoms with Gasteiger partial charge in [0.15, 0.2) is 16.6 Å². The van der Waals surface area contributed by atoms with Gasteiger partial charge >= 0.3 is 0 Å². The van der Waals surface area contributed by atoms with Gasteiger partial charge in [-0.3, -0.25) is 4.79 Å². The number of carbonyl (C=O) groups excluding carboxylic acids is 1. The van der Waals surface area contributed by atoms with Crippen LogP contribution in [0, 0.1) is 5.92 Å². The van der Waals surface area contributed by atoms with Gasteiger partial charge in [-0.05, 0) is 73.0 Å². The zero-order valence-corrected chi connectivity index (χ0v) is 32.1. The Kier molecular flexibility index (Phi) is 17.8. The van der Waals surface area contributed by atoms with Gasteiger partial charge < -0.3 is 18.7 Å². The number of Topliss-reactive ketones (excluding diaryl/α,β-unsaturated/α-hetero) is 1. The number of allylic oxidation sites excluding steroid dienone is 2. The lowest BCUT2D eigenvalue weighted by Crippen LogP contribution is -2.46. The maximum Gasteiger partial charge on any atom is 0.192 e. The fourth-order valence-electron chi connectivity index (χ4n) is 3.64. The molecule has 234 valence electrons. The van der Waals surface area contributed by atoms with Gasteiger partial charge in [0, 0.05) is 19.4 Å². The second-order valence-corrected chi connectivity index (χ2v) is 24.5. The number of hydrogen-bond acceptors (Lipinski definition) is 5. The Balaban J connectivity index is 5.48. The van der Waals surface area contributed by atoms with Gasteiger partial charge in [-0.15, -0.1) is 0 Å². The average molecular weight is 709 g/mol. The van der Waals surface area contributed by atoms with E-state index in [0.29, 0.717) is 13.0 Å². The first kappa shape index (κ1) is 39.9. The average Bonchev–Trinajstić information content (AvgIpc) is 2.81. The number of halogens is 1. The van der Waals surface area contributed by atoms with Crippen molar-refractivity contribution in [3.63, 3.8) is 0 Å². The highest BCUT2D eigenvalue weighted by molar-refractivity contribution is 14.1. The van der Waals surface area contributed by atoms with Crippen molar-refractivity contribution in [1.82, 2.24) is 0 Å². The van der Waals surface area contributed by atoms with Gasteiger partial charge in [0.25, 0.3) is 0 Å². The molecule has 0 radical (unpaired) electrons. The zero-order chi connectivity index (χ0) is 31.4. The van der Waals surface area contributed by atoms with Crippen LogP contribution >= 0.6 is 22.6 Å². The summed E-state index contributed by atoms with van der Waals surface area (Å²) in [7, 11) is -2.22. The first-order valence-electron chi connectivity index (χ1n) is 14.8. The SMILES string of the molecule is CO[C@H](C/C=C\I)CCC[C@@H](O)CC(=O)[C@H](C)[C@@H](/C=C(C)/C=C/CO[Si](C)(C)C(C)(C)C)O[Si](C)(C)C(C)(C)C. The molecule has 0 unspecified atom stereocenters. The van der Waals surface area contributed by atoms with Gasteiger partial charge in [0.05, 0.1) is 24.9 Å². The van der Waals surface area contributed by atoms with E-state index in [1.807, 2.05) is 11.0 Å². The molecule has 0 spiro atoms. The molecule has 0 amide bonds. The molecule has 0 aromatic heterocycles. The maximum atomic E-state index is 13.3. The van der Waals surface area contributed by atoms with Crippen LogP contribution in [0.15, 0.2) is 34.0 Å². The van der Waals surface area contributed by atoms with E-state index < -0.39 is 22.7 Å². The number of rotatable bonds is 18. The van der Waals surface area contributed by atoms with Crippen LogP contribution in [0.4, 0.5) is 0 Å². The minimum absolute atomic E-state index is 0.0203. The highest BCUT2D eigenvalue weighted by Crippen LogP contribution is 2.39. The molecular formula is C32H61IO5Si2. The molecular weight excluding hydrogens is 647 g/mol. The fourth-order valence-corrected chi connectivity index (χ4v) is 6.18. The van der Waals surface area contributed by atoms with E-state index in [0.717, 1.165) is 24.8 Å². The van der Waals surface area contributed by atoms with Crippen molar-refractivity contribution in [2.75, 3.05) is 13.7 Å². The molecule has 0 fully saturated rings. The van der Waals surface area contributed by atoms with Crippen LogP contribution in [0.25, 0.3) is 0 Å². The molecule has 40 heavy (non-hydrogen) atoms. The van der Waals surface area contributed by atoms with Gasteiger partial charge in [-0.1, -0.05) is 101 Å². The van der Waals surface area contributed by atoms with E-state index >= 15 is 0 Å². The van der Waals surface area contributed by atoms with Gasteiger partial charge in [0.1, 0.15) is 5.78 Å². The molecule has 0 aliphatic rings. The van der Waals surface area contributed by atoms with Crippen LogP contribution in [-0.2, 0) is 18.4 Å². The van der Waals surface area contributed by atoms with Gasteiger partial charge in [-0.2, -0.15) is 0 Å². The molecule has 8 heteroatoms. The predicted octanol–water partition coefficient (Wildman–Crippen LogP) is 9.38. The van der Waals surface area contributed by atoms with Crippen LogP contribution < -0.4 is 0 Å². The molecule has 0 aromatic carbocycles. The number of ether oxygens (including phenoxy) is 1. The lowest BCUT2D eigenvalue weighted by Gasteiger charge is -2.40. The Hall–Kier alpha value is -0.106. The standard InChI is InChI=1S/C32H61IO5Si2/c1-25(17-16-22-37-39(10,11)31(3,4)5)23-30(38-40(12,13)32(6,7)8)26(2)29(35)24-27(34)18-14-19-28(36-9)20-15-21-33/h15-17,21,23,26-28,30,34H,14,18-20,22,24H2,1-13H3/b17-16+,21-15-,25-23+/t26-,27+,28-,30+/m0/s1. The third-order valence-corrected chi connectivity index (χ3v) is 18.2. The Bertz CT molecular complexity index is 837. The highest BCUT2D eigenvalue weighted by atomic mass is 127. The molecule has 1 N–H and O–H groups in total. The maximum absolute atomic E-state index is 13.3. The number of carbonyl (C=O) groups is 1. The van der Waals surface area contributed by atoms with Crippen LogP contribution in [0.1, 0.15) is 87.5 Å². The van der Waals surface area contributed by atoms with Crippen molar-refractivity contribution in [2.24, 2.45) is 5.92 Å². The topological polar surface area (TPSA) is 65.0 Å². The predicted molar refractivity (Wildman–Crippen MR) is 185 cm³/mol. The van der Waals surface area contributed by atoms with Gasteiger partial charge in [-0.25, -0.2) is 0 Å². The molecule has 0 aliphatic carbocycles. The fraction of sp³-hybridized carbons (Fsp3) is 0.781. The Morgan fingerprint density at radius 2 is 1.55 bits per heavy atom. The summed E-state index contributed by atoms with van der Waals surface area (Å²) in [5.41, 5.74) is 1.05. The van der Waals surface area contributed by atoms with Crippen LogP contribution in [-0.4, -0.2) is 59.6 Å². The van der Waals surface area contributed by atoms with E-state index in [2.05, 4.69) is 122 Å². The number of hydrogen-bond donors (Lipinski definition) is 1. The Morgan fingerprint density at radius 3 is 2.05 bits per heavy atom. The molecule has 0 aromatic rings. The molecule has 4 atom stereocenters. The second-order valence-electron chi connectivity index (χ2n) is 14.2. The summed E-state index contributed by atoms with van der Waals surface area (Å²) < 4.78 is 20.6.